The summed E-state index contributed by atoms with van der Waals surface area (Å²) in [5, 5.41) is 9.36. The molecule has 0 radical (unpaired) electrons. The smallest absolute Gasteiger partial charge is 0.246 e. The first-order valence-corrected chi connectivity index (χ1v) is 8.39. The lowest BCUT2D eigenvalue weighted by atomic mass is 10.0. The molecule has 8 heteroatoms. The van der Waals surface area contributed by atoms with E-state index in [0.717, 1.165) is 10.4 Å². The van der Waals surface area contributed by atoms with Crippen molar-refractivity contribution in [3.8, 4) is 0 Å². The zero-order valence-corrected chi connectivity index (χ0v) is 13.3. The first-order valence-electron chi connectivity index (χ1n) is 6.16. The number of nitrogens with zero attached hydrogens (tertiary/aromatic N) is 1. The van der Waals surface area contributed by atoms with E-state index in [1.807, 2.05) is 6.92 Å². The molecule has 1 saturated heterocycles. The van der Waals surface area contributed by atoms with E-state index < -0.39 is 26.8 Å². The number of hydrogen-bond donors (Lipinski definition) is 2. The second kappa shape index (κ2) is 5.59. The van der Waals surface area contributed by atoms with Gasteiger partial charge in [-0.2, -0.15) is 4.31 Å². The lowest BCUT2D eigenvalue weighted by Gasteiger charge is -2.25. The molecule has 0 bridgehead atoms. The Bertz CT molecular complexity index is 623. The van der Waals surface area contributed by atoms with Crippen LogP contribution in [0.2, 0.25) is 0 Å². The molecule has 5 nitrogen and oxygen atoms in total. The summed E-state index contributed by atoms with van der Waals surface area (Å²) < 4.78 is 40.4. The van der Waals surface area contributed by atoms with Crippen molar-refractivity contribution < 1.29 is 17.9 Å². The Morgan fingerprint density at radius 2 is 2.20 bits per heavy atom. The van der Waals surface area contributed by atoms with Crippen LogP contribution in [0, 0.1) is 11.7 Å². The number of halogens is 2. The van der Waals surface area contributed by atoms with E-state index in [-0.39, 0.29) is 29.2 Å². The van der Waals surface area contributed by atoms with Crippen molar-refractivity contribution in [2.75, 3.05) is 18.9 Å². The van der Waals surface area contributed by atoms with Crippen LogP contribution in [0.25, 0.3) is 0 Å². The van der Waals surface area contributed by atoms with Crippen molar-refractivity contribution in [3.05, 3.63) is 22.4 Å². The first kappa shape index (κ1) is 15.7. The molecule has 1 aromatic rings. The average molecular weight is 367 g/mol. The third-order valence-electron chi connectivity index (χ3n) is 3.62. The molecule has 0 aliphatic carbocycles. The predicted octanol–water partition coefficient (Wildman–Crippen LogP) is 1.56. The molecule has 3 N–H and O–H groups in total. The quantitative estimate of drug-likeness (QED) is 0.795. The van der Waals surface area contributed by atoms with Gasteiger partial charge in [0.1, 0.15) is 4.90 Å². The van der Waals surface area contributed by atoms with Crippen LogP contribution in [0.3, 0.4) is 0 Å². The summed E-state index contributed by atoms with van der Waals surface area (Å²) in [5.41, 5.74) is 5.75. The average Bonchev–Trinajstić information content (AvgIpc) is 2.75. The summed E-state index contributed by atoms with van der Waals surface area (Å²) >= 11 is 2.95. The Morgan fingerprint density at radius 1 is 1.55 bits per heavy atom. The highest BCUT2D eigenvalue weighted by Gasteiger charge is 2.40. The maximum atomic E-state index is 14.1. The lowest BCUT2D eigenvalue weighted by molar-refractivity contribution is 0.191. The molecule has 2 unspecified atom stereocenters. The van der Waals surface area contributed by atoms with Gasteiger partial charge in [-0.25, -0.2) is 12.8 Å². The molecule has 0 spiro atoms. The maximum Gasteiger partial charge on any atom is 0.246 e. The number of aliphatic hydroxyl groups excluding tert-OH is 1. The van der Waals surface area contributed by atoms with Crippen LogP contribution in [0.4, 0.5) is 10.1 Å². The van der Waals surface area contributed by atoms with Crippen LogP contribution in [0.5, 0.6) is 0 Å². The molecule has 1 aliphatic rings. The zero-order valence-electron chi connectivity index (χ0n) is 10.9. The highest BCUT2D eigenvalue weighted by Crippen LogP contribution is 2.33. The van der Waals surface area contributed by atoms with Crippen molar-refractivity contribution in [1.82, 2.24) is 4.31 Å². The Kier molecular flexibility index (Phi) is 4.38. The normalized spacial score (nSPS) is 24.2. The predicted molar refractivity (Wildman–Crippen MR) is 77.1 cm³/mol. The fourth-order valence-electron chi connectivity index (χ4n) is 2.44. The summed E-state index contributed by atoms with van der Waals surface area (Å²) in [6, 6.07) is 1.89. The van der Waals surface area contributed by atoms with Gasteiger partial charge in [-0.1, -0.05) is 6.92 Å². The van der Waals surface area contributed by atoms with Gasteiger partial charge in [0, 0.05) is 12.2 Å². The molecule has 0 saturated carbocycles. The molecule has 0 aromatic heterocycles. The van der Waals surface area contributed by atoms with Crippen molar-refractivity contribution in [1.29, 1.82) is 0 Å². The van der Waals surface area contributed by atoms with Crippen LogP contribution in [-0.4, -0.2) is 37.0 Å². The van der Waals surface area contributed by atoms with Crippen LogP contribution >= 0.6 is 15.9 Å². The Hall–Kier alpha value is -0.700. The van der Waals surface area contributed by atoms with E-state index >= 15 is 0 Å². The SMILES string of the molecule is CC1CCN(S(=O)(=O)c2cc(N)cc(Br)c2F)C1CO. The van der Waals surface area contributed by atoms with E-state index in [2.05, 4.69) is 15.9 Å². The second-order valence-electron chi connectivity index (χ2n) is 4.95. The van der Waals surface area contributed by atoms with E-state index in [4.69, 9.17) is 5.73 Å². The summed E-state index contributed by atoms with van der Waals surface area (Å²) in [6.07, 6.45) is 0.634. The number of nitrogens with two attached hydrogens (primary N) is 1. The zero-order chi connectivity index (χ0) is 15.1. The fraction of sp³-hybridized carbons (Fsp3) is 0.500. The van der Waals surface area contributed by atoms with E-state index in [1.165, 1.54) is 6.07 Å². The lowest BCUT2D eigenvalue weighted by Crippen LogP contribution is -2.40. The van der Waals surface area contributed by atoms with E-state index in [9.17, 15) is 17.9 Å². The van der Waals surface area contributed by atoms with Gasteiger partial charge in [0.05, 0.1) is 17.1 Å². The minimum absolute atomic E-state index is 0.00358. The molecule has 1 aromatic carbocycles. The number of sulfonamides is 1. The second-order valence-corrected chi connectivity index (χ2v) is 7.66. The molecule has 1 heterocycles. The topological polar surface area (TPSA) is 83.6 Å². The molecule has 2 atom stereocenters. The van der Waals surface area contributed by atoms with Gasteiger partial charge in [-0.15, -0.1) is 0 Å². The number of rotatable bonds is 3. The fourth-order valence-corrected chi connectivity index (χ4v) is 4.90. The van der Waals surface area contributed by atoms with Gasteiger partial charge < -0.3 is 10.8 Å². The van der Waals surface area contributed by atoms with Crippen molar-refractivity contribution in [2.24, 2.45) is 5.92 Å². The summed E-state index contributed by atoms with van der Waals surface area (Å²) in [4.78, 5) is -0.461. The summed E-state index contributed by atoms with van der Waals surface area (Å²) in [5.74, 6) is -0.835. The van der Waals surface area contributed by atoms with Gasteiger partial charge in [0.25, 0.3) is 0 Å². The third-order valence-corrected chi connectivity index (χ3v) is 6.12. The molecule has 112 valence electrons. The number of aliphatic hydroxyl groups is 1. The molecule has 0 amide bonds. The van der Waals surface area contributed by atoms with Gasteiger partial charge in [-0.3, -0.25) is 0 Å². The minimum Gasteiger partial charge on any atom is -0.399 e. The summed E-state index contributed by atoms with van der Waals surface area (Å²) in [7, 11) is -4.02. The first-order chi connectivity index (χ1) is 9.28. The number of hydrogen-bond acceptors (Lipinski definition) is 4. The van der Waals surface area contributed by atoms with Crippen LogP contribution < -0.4 is 5.73 Å². The molecule has 1 fully saturated rings. The highest BCUT2D eigenvalue weighted by molar-refractivity contribution is 9.10. The number of benzene rings is 1. The van der Waals surface area contributed by atoms with Gasteiger partial charge >= 0.3 is 0 Å². The monoisotopic (exact) mass is 366 g/mol. The largest absolute Gasteiger partial charge is 0.399 e. The Labute approximate surface area is 125 Å². The molecule has 20 heavy (non-hydrogen) atoms. The minimum atomic E-state index is -4.02. The van der Waals surface area contributed by atoms with Gasteiger partial charge in [0.15, 0.2) is 5.82 Å². The highest BCUT2D eigenvalue weighted by atomic mass is 79.9. The van der Waals surface area contributed by atoms with Gasteiger partial charge in [0.2, 0.25) is 10.0 Å². The number of anilines is 1. The molecular weight excluding hydrogens is 351 g/mol. The maximum absolute atomic E-state index is 14.1. The molecule has 1 aliphatic heterocycles. The van der Waals surface area contributed by atoms with Crippen LogP contribution in [0.15, 0.2) is 21.5 Å². The summed E-state index contributed by atoms with van der Waals surface area (Å²) in [6.45, 7) is 1.84. The molecule has 2 rings (SSSR count). The van der Waals surface area contributed by atoms with Crippen molar-refractivity contribution in [2.45, 2.75) is 24.3 Å². The number of nitrogen functional groups attached to an aromatic ring is 1. The standard InChI is InChI=1S/C12H16BrFN2O3S/c1-7-2-3-16(10(7)6-17)20(18,19)11-5-8(15)4-9(13)12(11)14/h4-5,7,10,17H,2-3,6,15H2,1H3. The van der Waals surface area contributed by atoms with Crippen LogP contribution in [0.1, 0.15) is 13.3 Å². The third kappa shape index (κ3) is 2.57. The van der Waals surface area contributed by atoms with Crippen molar-refractivity contribution in [3.63, 3.8) is 0 Å². The Balaban J connectivity index is 2.51. The van der Waals surface area contributed by atoms with Crippen molar-refractivity contribution >= 4 is 31.6 Å². The van der Waals surface area contributed by atoms with E-state index in [0.29, 0.717) is 6.42 Å². The van der Waals surface area contributed by atoms with Gasteiger partial charge in [-0.05, 0) is 40.4 Å². The molecular formula is C12H16BrFN2O3S. The Morgan fingerprint density at radius 3 is 2.80 bits per heavy atom. The van der Waals surface area contributed by atoms with Crippen LogP contribution in [-0.2, 0) is 10.0 Å². The van der Waals surface area contributed by atoms with E-state index in [1.54, 1.807) is 0 Å².